The summed E-state index contributed by atoms with van der Waals surface area (Å²) < 4.78 is 72.1. The molecule has 2 aromatic heterocycles. The molecule has 3 aromatic carbocycles. The van der Waals surface area contributed by atoms with E-state index in [-0.39, 0.29) is 81.3 Å². The molecule has 8 nitrogen and oxygen atoms in total. The van der Waals surface area contributed by atoms with Crippen molar-refractivity contribution in [3.05, 3.63) is 85.2 Å². The second-order valence-corrected chi connectivity index (χ2v) is 10.2. The Balaban J connectivity index is 0.00000180. The van der Waals surface area contributed by atoms with Gasteiger partial charge in [0.05, 0.1) is 20.8 Å². The minimum absolute atomic E-state index is 0. The molecule has 0 saturated carbocycles. The molecule has 0 amide bonds. The molecule has 0 aliphatic carbocycles. The molecule has 0 unspecified atom stereocenters. The third-order valence-electron chi connectivity index (χ3n) is 5.47. The minimum atomic E-state index is -4.86. The fraction of sp³-hybridized carbons (Fsp3) is 0. The summed E-state index contributed by atoms with van der Waals surface area (Å²) in [6.45, 7) is 0. The van der Waals surface area contributed by atoms with Gasteiger partial charge in [-0.2, -0.15) is 0 Å². The zero-order chi connectivity index (χ0) is 24.1. The molecule has 0 N–H and O–H groups in total. The molecule has 0 spiro atoms. The zero-order valence-electron chi connectivity index (χ0n) is 19.2. The molecule has 0 saturated heterocycles. The van der Waals surface area contributed by atoms with E-state index < -0.39 is 30.0 Å². The monoisotopic (exact) mass is 536 g/mol. The van der Waals surface area contributed by atoms with Gasteiger partial charge < -0.3 is 9.11 Å². The van der Waals surface area contributed by atoms with E-state index in [9.17, 15) is 25.9 Å². The van der Waals surface area contributed by atoms with E-state index in [0.717, 1.165) is 12.4 Å². The van der Waals surface area contributed by atoms with Gasteiger partial charge >= 0.3 is 59.1 Å². The Labute approximate surface area is 251 Å². The van der Waals surface area contributed by atoms with Gasteiger partial charge in [-0.1, -0.05) is 72.8 Å². The fourth-order valence-electron chi connectivity index (χ4n) is 4.07. The molecule has 0 radical (unpaired) electrons. The maximum absolute atomic E-state index is 12.0. The van der Waals surface area contributed by atoms with Gasteiger partial charge in [0.1, 0.15) is 20.2 Å². The summed E-state index contributed by atoms with van der Waals surface area (Å²) in [5, 5.41) is 0.694. The number of nitrogens with zero attached hydrogens (tertiary/aromatic N) is 2. The van der Waals surface area contributed by atoms with Gasteiger partial charge in [-0.05, 0) is 11.1 Å². The van der Waals surface area contributed by atoms with E-state index in [1.807, 2.05) is 0 Å². The third kappa shape index (κ3) is 5.30. The minimum Gasteiger partial charge on any atom is -0.744 e. The van der Waals surface area contributed by atoms with Crippen LogP contribution < -0.4 is 59.1 Å². The van der Waals surface area contributed by atoms with E-state index >= 15 is 0 Å². The second kappa shape index (κ2) is 11.0. The van der Waals surface area contributed by atoms with Crippen LogP contribution in [-0.2, 0) is 20.2 Å². The molecule has 0 atom stereocenters. The Bertz CT molecular complexity index is 1670. The van der Waals surface area contributed by atoms with E-state index in [4.69, 9.17) is 0 Å². The summed E-state index contributed by atoms with van der Waals surface area (Å²) in [6, 6.07) is 20.1. The molecule has 0 fully saturated rings. The van der Waals surface area contributed by atoms with Crippen molar-refractivity contribution in [2.24, 2.45) is 0 Å². The van der Waals surface area contributed by atoms with Crippen molar-refractivity contribution >= 4 is 42.0 Å². The smallest absolute Gasteiger partial charge is 0.744 e. The van der Waals surface area contributed by atoms with Crippen LogP contribution in [0.1, 0.15) is 0 Å². The molecule has 0 bridgehead atoms. The molecule has 5 rings (SSSR count). The Morgan fingerprint density at radius 1 is 0.528 bits per heavy atom. The second-order valence-electron chi connectivity index (χ2n) is 7.49. The van der Waals surface area contributed by atoms with E-state index in [1.54, 1.807) is 72.8 Å². The number of rotatable bonds is 4. The van der Waals surface area contributed by atoms with Crippen molar-refractivity contribution in [2.75, 3.05) is 0 Å². The Morgan fingerprint density at radius 2 is 0.861 bits per heavy atom. The topological polar surface area (TPSA) is 140 Å². The Hall–Kier alpha value is -1.70. The number of hydrogen-bond acceptors (Lipinski definition) is 8. The molecular formula is C24H14N2Na2O6S2. The van der Waals surface area contributed by atoms with E-state index in [2.05, 4.69) is 9.97 Å². The van der Waals surface area contributed by atoms with Crippen LogP contribution in [0.25, 0.3) is 44.1 Å². The molecule has 2 heterocycles. The van der Waals surface area contributed by atoms with Crippen LogP contribution in [0.15, 0.2) is 95.0 Å². The first-order valence-corrected chi connectivity index (χ1v) is 12.7. The van der Waals surface area contributed by atoms with Gasteiger partial charge in [0.15, 0.2) is 0 Å². The number of aromatic nitrogens is 2. The number of pyridine rings is 2. The van der Waals surface area contributed by atoms with Crippen molar-refractivity contribution in [1.82, 2.24) is 9.97 Å². The van der Waals surface area contributed by atoms with Crippen LogP contribution in [-0.4, -0.2) is 35.9 Å². The van der Waals surface area contributed by atoms with E-state index in [1.165, 1.54) is 0 Å². The van der Waals surface area contributed by atoms with Crippen molar-refractivity contribution in [3.8, 4) is 22.3 Å². The zero-order valence-corrected chi connectivity index (χ0v) is 24.9. The van der Waals surface area contributed by atoms with Crippen LogP contribution in [0.4, 0.5) is 0 Å². The third-order valence-corrected chi connectivity index (χ3v) is 7.16. The summed E-state index contributed by atoms with van der Waals surface area (Å²) in [7, 11) is -9.71. The maximum Gasteiger partial charge on any atom is 1.00 e. The van der Waals surface area contributed by atoms with Crippen molar-refractivity contribution < 1.29 is 85.1 Å². The normalized spacial score (nSPS) is 11.6. The van der Waals surface area contributed by atoms with Crippen LogP contribution in [0.5, 0.6) is 0 Å². The van der Waals surface area contributed by atoms with Crippen LogP contribution in [0, 0.1) is 0 Å². The van der Waals surface area contributed by atoms with Gasteiger partial charge in [0, 0.05) is 34.3 Å². The summed E-state index contributed by atoms with van der Waals surface area (Å²) in [6.07, 6.45) is 1.96. The average Bonchev–Trinajstić information content (AvgIpc) is 2.82. The predicted octanol–water partition coefficient (Wildman–Crippen LogP) is -2.07. The first-order valence-electron chi connectivity index (χ1n) is 9.93. The first kappa shape index (κ1) is 28.9. The van der Waals surface area contributed by atoms with Crippen molar-refractivity contribution in [3.63, 3.8) is 0 Å². The first-order chi connectivity index (χ1) is 16.2. The summed E-state index contributed by atoms with van der Waals surface area (Å²) in [5.74, 6) is 0. The van der Waals surface area contributed by atoms with Gasteiger partial charge in [-0.3, -0.25) is 9.97 Å². The van der Waals surface area contributed by atoms with Gasteiger partial charge in [-0.15, -0.1) is 0 Å². The average molecular weight is 536 g/mol. The van der Waals surface area contributed by atoms with Gasteiger partial charge in [0.25, 0.3) is 0 Å². The van der Waals surface area contributed by atoms with Crippen LogP contribution in [0.3, 0.4) is 0 Å². The number of fused-ring (bicyclic) bond motifs is 3. The van der Waals surface area contributed by atoms with E-state index in [0.29, 0.717) is 21.9 Å². The SMILES string of the molecule is O=S(=O)([O-])c1cnc2c(ccc3c(-c4ccccc4)c(S(=O)(=O)[O-])cnc32)c1-c1ccccc1.[Na+].[Na+]. The number of benzene rings is 3. The summed E-state index contributed by atoms with van der Waals surface area (Å²) >= 11 is 0. The standard InChI is InChI=1S/C24H16N2O6S2.2Na/c27-33(28,29)19-13-25-23-17(21(19)15-7-3-1-4-8-15)11-12-18-22(16-9-5-2-6-10-16)20(34(30,31)32)14-26-24(18)23;;/h1-14H,(H,27,28,29)(H,30,31,32);;/q;2*+1/p-2. The predicted molar refractivity (Wildman–Crippen MR) is 124 cm³/mol. The van der Waals surface area contributed by atoms with Gasteiger partial charge in [0.2, 0.25) is 0 Å². The molecule has 12 heteroatoms. The summed E-state index contributed by atoms with van der Waals surface area (Å²) in [4.78, 5) is 7.48. The molecule has 0 aliphatic heterocycles. The van der Waals surface area contributed by atoms with Gasteiger partial charge in [-0.25, -0.2) is 16.8 Å². The Kier molecular flexibility index (Phi) is 8.79. The van der Waals surface area contributed by atoms with Crippen LogP contribution >= 0.6 is 0 Å². The van der Waals surface area contributed by atoms with Crippen LogP contribution in [0.2, 0.25) is 0 Å². The molecular weight excluding hydrogens is 522 g/mol. The fourth-order valence-corrected chi connectivity index (χ4v) is 5.39. The quantitative estimate of drug-likeness (QED) is 0.145. The van der Waals surface area contributed by atoms with Crippen molar-refractivity contribution in [1.29, 1.82) is 0 Å². The molecule has 36 heavy (non-hydrogen) atoms. The summed E-state index contributed by atoms with van der Waals surface area (Å²) in [5.41, 5.74) is 1.85. The van der Waals surface area contributed by atoms with Crippen molar-refractivity contribution in [2.45, 2.75) is 9.79 Å². The largest absolute Gasteiger partial charge is 1.00 e. The molecule has 170 valence electrons. The molecule has 0 aliphatic rings. The number of hydrogen-bond donors (Lipinski definition) is 0. The molecule has 5 aromatic rings. The maximum atomic E-state index is 12.0. The Morgan fingerprint density at radius 3 is 1.17 bits per heavy atom.